The van der Waals surface area contributed by atoms with Crippen LogP contribution in [0.3, 0.4) is 0 Å². The largest absolute Gasteiger partial charge is 0.481 e. The van der Waals surface area contributed by atoms with Crippen LogP contribution in [0.25, 0.3) is 0 Å². The molecule has 0 bridgehead atoms. The van der Waals surface area contributed by atoms with Gasteiger partial charge in [0, 0.05) is 22.6 Å². The number of aliphatic carboxylic acids is 1. The van der Waals surface area contributed by atoms with Gasteiger partial charge in [0.2, 0.25) is 0 Å². The predicted molar refractivity (Wildman–Crippen MR) is 66.2 cm³/mol. The standard InChI is InChI=1S/C11H12Cl2N2O2/c12-8-2-1-3-9(13)6(8)4-10-7(11(16)17)5-14-15-10/h1-3,7,10,14-15H,4-5H2,(H,16,17). The number of benzene rings is 1. The van der Waals surface area contributed by atoms with Crippen molar-refractivity contribution in [3.05, 3.63) is 33.8 Å². The first-order chi connectivity index (χ1) is 8.09. The van der Waals surface area contributed by atoms with Crippen molar-refractivity contribution in [2.75, 3.05) is 6.54 Å². The molecule has 1 aliphatic rings. The van der Waals surface area contributed by atoms with Crippen LogP contribution in [-0.4, -0.2) is 23.7 Å². The molecule has 2 atom stereocenters. The van der Waals surface area contributed by atoms with Crippen molar-refractivity contribution < 1.29 is 9.90 Å². The van der Waals surface area contributed by atoms with Gasteiger partial charge in [-0.25, -0.2) is 0 Å². The van der Waals surface area contributed by atoms with Crippen LogP contribution in [0.2, 0.25) is 10.0 Å². The van der Waals surface area contributed by atoms with E-state index in [4.69, 9.17) is 28.3 Å². The Kier molecular flexibility index (Phi) is 3.89. The van der Waals surface area contributed by atoms with Gasteiger partial charge in [0.15, 0.2) is 0 Å². The first-order valence-electron chi connectivity index (χ1n) is 5.23. The Labute approximate surface area is 109 Å². The van der Waals surface area contributed by atoms with Crippen LogP contribution >= 0.6 is 23.2 Å². The van der Waals surface area contributed by atoms with Crippen LogP contribution < -0.4 is 10.9 Å². The van der Waals surface area contributed by atoms with E-state index in [1.54, 1.807) is 18.2 Å². The Morgan fingerprint density at radius 3 is 2.65 bits per heavy atom. The lowest BCUT2D eigenvalue weighted by molar-refractivity contribution is -0.141. The summed E-state index contributed by atoms with van der Waals surface area (Å²) < 4.78 is 0. The fourth-order valence-corrected chi connectivity index (χ4v) is 2.49. The summed E-state index contributed by atoms with van der Waals surface area (Å²) in [5.74, 6) is -1.29. The van der Waals surface area contributed by atoms with Gasteiger partial charge in [-0.1, -0.05) is 29.3 Å². The van der Waals surface area contributed by atoms with E-state index in [1.807, 2.05) is 0 Å². The number of carboxylic acids is 1. The highest BCUT2D eigenvalue weighted by atomic mass is 35.5. The molecule has 17 heavy (non-hydrogen) atoms. The molecule has 1 aromatic rings. The number of nitrogens with one attached hydrogen (secondary N) is 2. The van der Waals surface area contributed by atoms with Gasteiger partial charge >= 0.3 is 5.97 Å². The van der Waals surface area contributed by atoms with E-state index in [9.17, 15) is 4.79 Å². The maximum absolute atomic E-state index is 11.0. The first-order valence-corrected chi connectivity index (χ1v) is 5.99. The van der Waals surface area contributed by atoms with E-state index < -0.39 is 11.9 Å². The number of carbonyl (C=O) groups is 1. The minimum Gasteiger partial charge on any atom is -0.481 e. The molecule has 1 fully saturated rings. The molecule has 0 spiro atoms. The summed E-state index contributed by atoms with van der Waals surface area (Å²) in [5.41, 5.74) is 6.57. The molecule has 92 valence electrons. The van der Waals surface area contributed by atoms with E-state index in [1.165, 1.54) is 0 Å². The SMILES string of the molecule is O=C(O)C1CNNC1Cc1c(Cl)cccc1Cl. The predicted octanol–water partition coefficient (Wildman–Crippen LogP) is 1.71. The Morgan fingerprint density at radius 1 is 1.41 bits per heavy atom. The van der Waals surface area contributed by atoms with Crippen molar-refractivity contribution in [2.45, 2.75) is 12.5 Å². The second kappa shape index (κ2) is 5.23. The summed E-state index contributed by atoms with van der Waals surface area (Å²) in [4.78, 5) is 11.0. The highest BCUT2D eigenvalue weighted by molar-refractivity contribution is 6.36. The molecule has 2 rings (SSSR count). The van der Waals surface area contributed by atoms with E-state index in [-0.39, 0.29) is 6.04 Å². The molecule has 4 nitrogen and oxygen atoms in total. The van der Waals surface area contributed by atoms with Gasteiger partial charge in [0.25, 0.3) is 0 Å². The zero-order valence-electron chi connectivity index (χ0n) is 8.91. The summed E-state index contributed by atoms with van der Waals surface area (Å²) in [7, 11) is 0. The van der Waals surface area contributed by atoms with Gasteiger partial charge < -0.3 is 5.11 Å². The molecule has 1 aromatic carbocycles. The molecule has 1 saturated heterocycles. The van der Waals surface area contributed by atoms with E-state index in [2.05, 4.69) is 10.9 Å². The number of rotatable bonds is 3. The molecule has 2 unspecified atom stereocenters. The second-order valence-corrected chi connectivity index (χ2v) is 4.80. The average molecular weight is 275 g/mol. The molecular formula is C11H12Cl2N2O2. The third kappa shape index (κ3) is 2.72. The van der Waals surface area contributed by atoms with E-state index >= 15 is 0 Å². The average Bonchev–Trinajstić information content (AvgIpc) is 2.72. The quantitative estimate of drug-likeness (QED) is 0.786. The summed E-state index contributed by atoms with van der Waals surface area (Å²) in [6.07, 6.45) is 0.489. The third-order valence-electron chi connectivity index (χ3n) is 2.90. The summed E-state index contributed by atoms with van der Waals surface area (Å²) >= 11 is 12.1. The molecule has 0 radical (unpaired) electrons. The number of hydrazine groups is 1. The van der Waals surface area contributed by atoms with Crippen LogP contribution in [0.1, 0.15) is 5.56 Å². The van der Waals surface area contributed by atoms with E-state index in [0.29, 0.717) is 23.0 Å². The van der Waals surface area contributed by atoms with Crippen LogP contribution in [0, 0.1) is 5.92 Å². The van der Waals surface area contributed by atoms with Crippen LogP contribution in [0.4, 0.5) is 0 Å². The fourth-order valence-electron chi connectivity index (χ4n) is 1.94. The lowest BCUT2D eigenvalue weighted by atomic mass is 9.95. The smallest absolute Gasteiger partial charge is 0.309 e. The molecule has 1 aliphatic heterocycles. The number of carboxylic acid groups (broad SMARTS) is 1. The summed E-state index contributed by atoms with van der Waals surface area (Å²) in [6, 6.07) is 5.07. The first kappa shape index (κ1) is 12.6. The highest BCUT2D eigenvalue weighted by Gasteiger charge is 2.33. The molecule has 3 N–H and O–H groups in total. The molecule has 0 amide bonds. The molecule has 0 aliphatic carbocycles. The Hall–Kier alpha value is -0.810. The Bertz CT molecular complexity index is 419. The molecule has 0 aromatic heterocycles. The van der Waals surface area contributed by atoms with Crippen LogP contribution in [0.5, 0.6) is 0 Å². The monoisotopic (exact) mass is 274 g/mol. The van der Waals surface area contributed by atoms with Crippen molar-refractivity contribution in [1.82, 2.24) is 10.9 Å². The van der Waals surface area contributed by atoms with Crippen molar-refractivity contribution in [2.24, 2.45) is 5.92 Å². The van der Waals surface area contributed by atoms with Gasteiger partial charge in [-0.15, -0.1) is 0 Å². The van der Waals surface area contributed by atoms with Gasteiger partial charge in [-0.2, -0.15) is 0 Å². The maximum atomic E-state index is 11.0. The molecule has 1 heterocycles. The summed E-state index contributed by atoms with van der Waals surface area (Å²) in [6.45, 7) is 0.405. The normalized spacial score (nSPS) is 23.9. The van der Waals surface area contributed by atoms with E-state index in [0.717, 1.165) is 5.56 Å². The minimum absolute atomic E-state index is 0.204. The van der Waals surface area contributed by atoms with Crippen molar-refractivity contribution in [1.29, 1.82) is 0 Å². The van der Waals surface area contributed by atoms with Gasteiger partial charge in [0.1, 0.15) is 0 Å². The zero-order valence-corrected chi connectivity index (χ0v) is 10.4. The topological polar surface area (TPSA) is 61.4 Å². The second-order valence-electron chi connectivity index (χ2n) is 3.98. The lowest BCUT2D eigenvalue weighted by Crippen LogP contribution is -2.36. The molecule has 6 heteroatoms. The van der Waals surface area contributed by atoms with Crippen LogP contribution in [-0.2, 0) is 11.2 Å². The van der Waals surface area contributed by atoms with Crippen molar-refractivity contribution in [3.8, 4) is 0 Å². The summed E-state index contributed by atoms with van der Waals surface area (Å²) in [5, 5.41) is 10.2. The number of hydrogen-bond acceptors (Lipinski definition) is 3. The Morgan fingerprint density at radius 2 is 2.06 bits per heavy atom. The Balaban J connectivity index is 2.18. The zero-order chi connectivity index (χ0) is 12.4. The fraction of sp³-hybridized carbons (Fsp3) is 0.364. The van der Waals surface area contributed by atoms with Crippen molar-refractivity contribution in [3.63, 3.8) is 0 Å². The third-order valence-corrected chi connectivity index (χ3v) is 3.61. The lowest BCUT2D eigenvalue weighted by Gasteiger charge is -2.16. The highest BCUT2D eigenvalue weighted by Crippen LogP contribution is 2.27. The molecular weight excluding hydrogens is 263 g/mol. The van der Waals surface area contributed by atoms with Gasteiger partial charge in [0.05, 0.1) is 5.92 Å². The number of hydrogen-bond donors (Lipinski definition) is 3. The van der Waals surface area contributed by atoms with Gasteiger partial charge in [-0.3, -0.25) is 15.6 Å². The van der Waals surface area contributed by atoms with Gasteiger partial charge in [-0.05, 0) is 24.1 Å². The minimum atomic E-state index is -0.823. The number of halogens is 2. The maximum Gasteiger partial charge on any atom is 0.309 e. The van der Waals surface area contributed by atoms with Crippen LogP contribution in [0.15, 0.2) is 18.2 Å². The van der Waals surface area contributed by atoms with Crippen molar-refractivity contribution >= 4 is 29.2 Å². The molecule has 0 saturated carbocycles.